The third kappa shape index (κ3) is 3.94. The number of ketones is 2. The Labute approximate surface area is 232 Å². The molecule has 2 N–H and O–H groups in total. The van der Waals surface area contributed by atoms with E-state index in [1.54, 1.807) is 4.90 Å². The first kappa shape index (κ1) is 26.2. The first-order chi connectivity index (χ1) is 19.0. The van der Waals surface area contributed by atoms with Gasteiger partial charge in [-0.15, -0.1) is 0 Å². The van der Waals surface area contributed by atoms with E-state index in [4.69, 9.17) is 22.1 Å². The molecular weight excluding hydrogens is 546 g/mol. The molecule has 3 unspecified atom stereocenters. The molecule has 3 aliphatic heterocycles. The third-order valence-electron chi connectivity index (χ3n) is 8.46. The summed E-state index contributed by atoms with van der Waals surface area (Å²) in [6, 6.07) is 1.98. The molecule has 1 saturated carbocycles. The monoisotopic (exact) mass is 568 g/mol. The number of pyridine rings is 1. The quantitative estimate of drug-likeness (QED) is 0.335. The van der Waals surface area contributed by atoms with Gasteiger partial charge in [-0.2, -0.15) is 4.39 Å². The minimum atomic E-state index is -1.18. The van der Waals surface area contributed by atoms with Crippen LogP contribution >= 0.6 is 11.6 Å². The van der Waals surface area contributed by atoms with Gasteiger partial charge in [0.15, 0.2) is 12.4 Å². The van der Waals surface area contributed by atoms with Crippen molar-refractivity contribution in [2.24, 2.45) is 22.2 Å². The van der Waals surface area contributed by atoms with Crippen LogP contribution in [-0.4, -0.2) is 65.3 Å². The van der Waals surface area contributed by atoms with E-state index in [1.807, 2.05) is 6.92 Å². The van der Waals surface area contributed by atoms with Gasteiger partial charge in [0, 0.05) is 35.7 Å². The van der Waals surface area contributed by atoms with E-state index in [0.29, 0.717) is 11.1 Å². The maximum atomic E-state index is 15.2. The lowest BCUT2D eigenvalue weighted by Crippen LogP contribution is -2.49. The van der Waals surface area contributed by atoms with E-state index >= 15 is 4.39 Å². The summed E-state index contributed by atoms with van der Waals surface area (Å²) < 4.78 is 34.7. The van der Waals surface area contributed by atoms with Gasteiger partial charge < -0.3 is 15.4 Å². The Morgan fingerprint density at radius 3 is 2.67 bits per heavy atom. The molecule has 1 spiro atoms. The highest BCUT2D eigenvalue weighted by Gasteiger charge is 2.66. The number of esters is 1. The lowest BCUT2D eigenvalue weighted by molar-refractivity contribution is -0.148. The standard InChI is InChI=1S/C28H23ClF2N4O5/c1-12-26(38)35-10-17(27(39)40-11-20(37)14-2-3-21(32)34-25(14)31)22-15-6-13(36)7-19(30)23(15)18(29)9-33-8-16(22)24(35)28(12)4-5-28/h2-3,6-7,9,12,17,24H,4-5,8,10-11H2,1H3,(H2,32,34). The average molecular weight is 569 g/mol. The number of carbonyl (C=O) groups excluding carboxylic acids is 4. The number of nitrogens with zero attached hydrogens (tertiary/aromatic N) is 3. The van der Waals surface area contributed by atoms with Crippen molar-refractivity contribution in [1.29, 1.82) is 0 Å². The molecule has 0 bridgehead atoms. The van der Waals surface area contributed by atoms with Crippen molar-refractivity contribution in [3.05, 3.63) is 68.9 Å². The fourth-order valence-corrected chi connectivity index (χ4v) is 6.69. The Kier molecular flexibility index (Phi) is 6.10. The number of nitrogens with two attached hydrogens (primary N) is 1. The number of ether oxygens (including phenoxy) is 1. The van der Waals surface area contributed by atoms with E-state index < -0.39 is 53.4 Å². The predicted octanol–water partition coefficient (Wildman–Crippen LogP) is 3.02. The Hall–Kier alpha value is -3.99. The minimum Gasteiger partial charge on any atom is -0.457 e. The van der Waals surface area contributed by atoms with Crippen LogP contribution in [0.4, 0.5) is 14.6 Å². The predicted molar refractivity (Wildman–Crippen MR) is 139 cm³/mol. The summed E-state index contributed by atoms with van der Waals surface area (Å²) in [5, 5.41) is -0.0490. The highest BCUT2D eigenvalue weighted by molar-refractivity contribution is 6.40. The summed E-state index contributed by atoms with van der Waals surface area (Å²) >= 11 is 6.39. The zero-order valence-corrected chi connectivity index (χ0v) is 22.0. The molecule has 12 heteroatoms. The number of anilines is 1. The van der Waals surface area contributed by atoms with E-state index in [0.717, 1.165) is 25.0 Å². The summed E-state index contributed by atoms with van der Waals surface area (Å²) in [6.07, 6.45) is 4.91. The fourth-order valence-electron chi connectivity index (χ4n) is 6.43. The second-order valence-corrected chi connectivity index (χ2v) is 11.0. The summed E-state index contributed by atoms with van der Waals surface area (Å²) in [4.78, 5) is 61.6. The van der Waals surface area contributed by atoms with E-state index in [9.17, 15) is 23.6 Å². The molecule has 1 aromatic heterocycles. The van der Waals surface area contributed by atoms with Crippen molar-refractivity contribution in [2.45, 2.75) is 25.8 Å². The number of carbonyl (C=O) groups is 4. The number of nitrogen functional groups attached to an aromatic ring is 1. The van der Waals surface area contributed by atoms with Crippen molar-refractivity contribution < 1.29 is 32.7 Å². The second-order valence-electron chi connectivity index (χ2n) is 10.6. The zero-order valence-electron chi connectivity index (χ0n) is 21.2. The van der Waals surface area contributed by atoms with Gasteiger partial charge in [-0.3, -0.25) is 24.2 Å². The molecule has 9 nitrogen and oxygen atoms in total. The van der Waals surface area contributed by atoms with Gasteiger partial charge in [-0.05, 0) is 47.8 Å². The molecule has 1 amide bonds. The number of hydrogen-bond acceptors (Lipinski definition) is 8. The number of Topliss-reactive ketones (excluding diaryl/α,β-unsaturated/α-hetero) is 1. The summed E-state index contributed by atoms with van der Waals surface area (Å²) in [7, 11) is 0. The lowest BCUT2D eigenvalue weighted by atomic mass is 9.73. The van der Waals surface area contributed by atoms with Gasteiger partial charge in [0.25, 0.3) is 0 Å². The number of halogens is 3. The van der Waals surface area contributed by atoms with Crippen molar-refractivity contribution >= 4 is 47.1 Å². The number of fused-ring (bicyclic) bond motifs is 5. The molecule has 4 heterocycles. The van der Waals surface area contributed by atoms with Crippen molar-refractivity contribution in [3.8, 4) is 0 Å². The zero-order chi connectivity index (χ0) is 28.5. The Bertz CT molecular complexity index is 1570. The molecule has 0 radical (unpaired) electrons. The SMILES string of the molecule is CC1C(=O)N2CC(C(=O)OCC(=O)c3ccc(N)nc3F)C3=C(CN=CC(Cl)=C4C(F)=CC(=O)C=C43)C2C12CC2. The maximum absolute atomic E-state index is 15.2. The molecule has 2 fully saturated rings. The van der Waals surface area contributed by atoms with Crippen molar-refractivity contribution in [3.63, 3.8) is 0 Å². The number of rotatable bonds is 4. The van der Waals surface area contributed by atoms with Crippen molar-refractivity contribution in [1.82, 2.24) is 9.88 Å². The third-order valence-corrected chi connectivity index (χ3v) is 8.75. The van der Waals surface area contributed by atoms with Crippen LogP contribution in [0, 0.1) is 23.2 Å². The second kappa shape index (κ2) is 9.29. The highest BCUT2D eigenvalue weighted by Crippen LogP contribution is 2.64. The van der Waals surface area contributed by atoms with Gasteiger partial charge in [0.1, 0.15) is 17.6 Å². The molecule has 1 saturated heterocycles. The Morgan fingerprint density at radius 2 is 1.98 bits per heavy atom. The van der Waals surface area contributed by atoms with E-state index in [1.165, 1.54) is 18.4 Å². The number of aromatic nitrogens is 1. The topological polar surface area (TPSA) is 132 Å². The average Bonchev–Trinajstić information content (AvgIpc) is 3.66. The van der Waals surface area contributed by atoms with Gasteiger partial charge >= 0.3 is 5.97 Å². The van der Waals surface area contributed by atoms with Crippen LogP contribution in [0.3, 0.4) is 0 Å². The Morgan fingerprint density at radius 1 is 1.23 bits per heavy atom. The number of allylic oxidation sites excluding steroid dienone is 6. The van der Waals surface area contributed by atoms with E-state index in [2.05, 4.69) is 9.98 Å². The van der Waals surface area contributed by atoms with Crippen LogP contribution < -0.4 is 5.73 Å². The molecule has 3 atom stereocenters. The maximum Gasteiger partial charge on any atom is 0.315 e. The molecule has 5 aliphatic rings. The first-order valence-corrected chi connectivity index (χ1v) is 13.1. The van der Waals surface area contributed by atoms with Crippen LogP contribution in [0.15, 0.2) is 62.4 Å². The van der Waals surface area contributed by atoms with Crippen molar-refractivity contribution in [2.75, 3.05) is 25.4 Å². The number of hydrogen-bond donors (Lipinski definition) is 1. The highest BCUT2D eigenvalue weighted by atomic mass is 35.5. The summed E-state index contributed by atoms with van der Waals surface area (Å²) in [6.45, 7) is 0.996. The van der Waals surface area contributed by atoms with Gasteiger partial charge in [-0.25, -0.2) is 9.37 Å². The van der Waals surface area contributed by atoms with Crippen LogP contribution in [-0.2, 0) is 19.1 Å². The van der Waals surface area contributed by atoms with Gasteiger partial charge in [0.05, 0.1) is 23.2 Å². The van der Waals surface area contributed by atoms with Crippen LogP contribution in [0.5, 0.6) is 0 Å². The smallest absolute Gasteiger partial charge is 0.315 e. The molecule has 206 valence electrons. The molecule has 6 rings (SSSR count). The molecular formula is C28H23ClF2N4O5. The summed E-state index contributed by atoms with van der Waals surface area (Å²) in [5.41, 5.74) is 5.64. The fraction of sp³-hybridized carbons (Fsp3) is 0.357. The van der Waals surface area contributed by atoms with E-state index in [-0.39, 0.29) is 52.3 Å². The number of amides is 1. The molecule has 40 heavy (non-hydrogen) atoms. The number of aliphatic imine (C=N–C) groups is 1. The first-order valence-electron chi connectivity index (χ1n) is 12.7. The molecule has 0 aromatic carbocycles. The molecule has 2 aliphatic carbocycles. The van der Waals surface area contributed by atoms with Crippen LogP contribution in [0.2, 0.25) is 0 Å². The van der Waals surface area contributed by atoms with Crippen LogP contribution in [0.25, 0.3) is 0 Å². The van der Waals surface area contributed by atoms with Gasteiger partial charge in [0.2, 0.25) is 17.6 Å². The minimum absolute atomic E-state index is 0.0490. The molecule has 1 aromatic rings. The van der Waals surface area contributed by atoms with Gasteiger partial charge in [-0.1, -0.05) is 18.5 Å². The largest absolute Gasteiger partial charge is 0.457 e. The normalized spacial score (nSPS) is 26.5. The Balaban J connectivity index is 1.42. The lowest BCUT2D eigenvalue weighted by Gasteiger charge is -2.41. The summed E-state index contributed by atoms with van der Waals surface area (Å²) in [5.74, 6) is -6.10. The van der Waals surface area contributed by atoms with Crippen LogP contribution in [0.1, 0.15) is 30.1 Å².